The summed E-state index contributed by atoms with van der Waals surface area (Å²) < 4.78 is 3.81. The van der Waals surface area contributed by atoms with Crippen molar-refractivity contribution in [3.63, 3.8) is 0 Å². The molecule has 174 valence electrons. The predicted molar refractivity (Wildman–Crippen MR) is 129 cm³/mol. The number of hydrogen-bond donors (Lipinski definition) is 0. The molecule has 0 spiro atoms. The van der Waals surface area contributed by atoms with Gasteiger partial charge >= 0.3 is 5.82 Å². The average molecular weight is 449 g/mol. The molecular formula is C25H32N6O2. The number of carboxylic acid groups (broad SMARTS) is 1. The van der Waals surface area contributed by atoms with E-state index in [-0.39, 0.29) is 0 Å². The normalized spacial score (nSPS) is 11.5. The number of carboxylic acids is 1. The summed E-state index contributed by atoms with van der Waals surface area (Å²) in [5, 5.41) is 18.7. The Morgan fingerprint density at radius 1 is 0.909 bits per heavy atom. The number of rotatable bonds is 5. The zero-order chi connectivity index (χ0) is 24.4. The Morgan fingerprint density at radius 2 is 1.36 bits per heavy atom. The zero-order valence-corrected chi connectivity index (χ0v) is 20.1. The van der Waals surface area contributed by atoms with E-state index in [0.717, 1.165) is 42.0 Å². The number of aliphatic carboxylic acids is 1. The van der Waals surface area contributed by atoms with Crippen molar-refractivity contribution in [2.24, 2.45) is 10.2 Å². The number of hydrogen-bond acceptors (Lipinski definition) is 4. The van der Waals surface area contributed by atoms with Crippen LogP contribution in [-0.4, -0.2) is 60.3 Å². The lowest BCUT2D eigenvalue weighted by atomic mass is 10.2. The lowest BCUT2D eigenvalue weighted by molar-refractivity contribution is -0.686. The van der Waals surface area contributed by atoms with Crippen molar-refractivity contribution in [1.82, 2.24) is 14.5 Å². The van der Waals surface area contributed by atoms with Crippen LogP contribution in [0.15, 0.2) is 83.3 Å². The van der Waals surface area contributed by atoms with Crippen LogP contribution in [0.3, 0.4) is 0 Å². The Bertz CT molecular complexity index is 1000. The molecule has 2 aromatic carbocycles. The number of imidazole rings is 1. The van der Waals surface area contributed by atoms with Crippen molar-refractivity contribution in [1.29, 1.82) is 0 Å². The quantitative estimate of drug-likeness (QED) is 0.338. The molecule has 0 radical (unpaired) electrons. The van der Waals surface area contributed by atoms with Crippen LogP contribution < -0.4 is 9.78 Å². The van der Waals surface area contributed by atoms with E-state index in [1.165, 1.54) is 0 Å². The van der Waals surface area contributed by atoms with Gasteiger partial charge in [-0.1, -0.05) is 77.8 Å². The first-order valence-electron chi connectivity index (χ1n) is 10.7. The van der Waals surface area contributed by atoms with E-state index in [1.807, 2.05) is 96.1 Å². The molecule has 0 unspecified atom stereocenters. The lowest BCUT2D eigenvalue weighted by Gasteiger charge is -2.14. The molecule has 1 aromatic heterocycles. The van der Waals surface area contributed by atoms with Crippen LogP contribution in [0.2, 0.25) is 0 Å². The van der Waals surface area contributed by atoms with Gasteiger partial charge in [0.05, 0.1) is 6.42 Å². The first kappa shape index (κ1) is 25.3. The minimum Gasteiger partial charge on any atom is -0.550 e. The summed E-state index contributed by atoms with van der Waals surface area (Å²) in [4.78, 5) is 12.9. The van der Waals surface area contributed by atoms with E-state index in [1.54, 1.807) is 0 Å². The number of amidine groups is 2. The summed E-state index contributed by atoms with van der Waals surface area (Å²) in [6.45, 7) is 3.09. The maximum absolute atomic E-state index is 8.89. The zero-order valence-electron chi connectivity index (χ0n) is 20.1. The van der Waals surface area contributed by atoms with Crippen LogP contribution >= 0.6 is 0 Å². The van der Waals surface area contributed by atoms with Gasteiger partial charge in [-0.05, 0) is 6.92 Å². The largest absolute Gasteiger partial charge is 0.550 e. The van der Waals surface area contributed by atoms with Gasteiger partial charge in [0.2, 0.25) is 0 Å². The minimum atomic E-state index is -1.08. The topological polar surface area (TPSA) is 80.1 Å². The molecule has 0 amide bonds. The monoisotopic (exact) mass is 448 g/mol. The molecule has 0 N–H and O–H groups in total. The Kier molecular flexibility index (Phi) is 9.35. The van der Waals surface area contributed by atoms with Crippen molar-refractivity contribution in [2.75, 3.05) is 28.2 Å². The molecule has 0 bridgehead atoms. The summed E-state index contributed by atoms with van der Waals surface area (Å²) in [6.07, 6.45) is 4.70. The Labute approximate surface area is 195 Å². The molecule has 1 heterocycles. The predicted octanol–water partition coefficient (Wildman–Crippen LogP) is 1.64. The third kappa shape index (κ3) is 7.31. The number of nitrogens with zero attached hydrogens (tertiary/aromatic N) is 6. The minimum absolute atomic E-state index is 0.797. The molecule has 33 heavy (non-hydrogen) atoms. The van der Waals surface area contributed by atoms with Crippen molar-refractivity contribution in [3.8, 4) is 0 Å². The maximum atomic E-state index is 8.89. The van der Waals surface area contributed by atoms with Crippen LogP contribution in [0, 0.1) is 0 Å². The van der Waals surface area contributed by atoms with Crippen molar-refractivity contribution in [2.45, 2.75) is 20.3 Å². The summed E-state index contributed by atoms with van der Waals surface area (Å²) in [6, 6.07) is 20.4. The van der Waals surface area contributed by atoms with Gasteiger partial charge in [-0.3, -0.25) is 0 Å². The van der Waals surface area contributed by atoms with E-state index in [4.69, 9.17) is 20.1 Å². The Hall–Kier alpha value is -3.94. The second-order valence-corrected chi connectivity index (χ2v) is 7.62. The standard InChI is InChI=1S/C23H29N6.C2H4O2/c1-6-21-28(24-22(26(2)3)19-13-9-7-10-14-19)17-18-29(21)25-23(27(4)5)20-15-11-8-12-16-20;1-2(3)4/h7-18H,6H2,1-5H3;1H3,(H,3,4)/q+1;/p-1. The third-order valence-corrected chi connectivity index (χ3v) is 4.51. The molecule has 0 aliphatic carbocycles. The van der Waals surface area contributed by atoms with E-state index in [9.17, 15) is 0 Å². The Morgan fingerprint density at radius 3 is 1.79 bits per heavy atom. The Balaban J connectivity index is 0.000000890. The van der Waals surface area contributed by atoms with E-state index in [0.29, 0.717) is 0 Å². The number of benzene rings is 2. The van der Waals surface area contributed by atoms with Crippen LogP contribution in [0.25, 0.3) is 0 Å². The molecule has 0 saturated carbocycles. The fraction of sp³-hybridized carbons (Fsp3) is 0.280. The molecule has 0 atom stereocenters. The highest BCUT2D eigenvalue weighted by Gasteiger charge is 2.19. The highest BCUT2D eigenvalue weighted by Crippen LogP contribution is 2.07. The second kappa shape index (κ2) is 12.2. The van der Waals surface area contributed by atoms with E-state index < -0.39 is 5.97 Å². The average Bonchev–Trinajstić information content (AvgIpc) is 3.17. The molecule has 3 rings (SSSR count). The summed E-state index contributed by atoms with van der Waals surface area (Å²) >= 11 is 0. The smallest absolute Gasteiger partial charge is 0.307 e. The fourth-order valence-corrected chi connectivity index (χ4v) is 3.10. The number of aromatic nitrogens is 2. The fourth-order valence-electron chi connectivity index (χ4n) is 3.10. The van der Waals surface area contributed by atoms with E-state index >= 15 is 0 Å². The van der Waals surface area contributed by atoms with Crippen LogP contribution in [0.4, 0.5) is 0 Å². The van der Waals surface area contributed by atoms with Crippen molar-refractivity contribution >= 4 is 17.6 Å². The molecule has 0 fully saturated rings. The highest BCUT2D eigenvalue weighted by atomic mass is 16.4. The lowest BCUT2D eigenvalue weighted by Crippen LogP contribution is -2.37. The van der Waals surface area contributed by atoms with Gasteiger partial charge in [0.15, 0.2) is 24.1 Å². The summed E-state index contributed by atoms with van der Waals surface area (Å²) in [5.74, 6) is 1.70. The number of carbonyl (C=O) groups excluding carboxylic acids is 1. The van der Waals surface area contributed by atoms with Gasteiger partial charge in [-0.25, -0.2) is 0 Å². The highest BCUT2D eigenvalue weighted by molar-refractivity contribution is 5.98. The number of carbonyl (C=O) groups is 1. The maximum Gasteiger partial charge on any atom is 0.307 e. The van der Waals surface area contributed by atoms with Gasteiger partial charge in [0.25, 0.3) is 0 Å². The van der Waals surface area contributed by atoms with Crippen LogP contribution in [0.1, 0.15) is 30.8 Å². The first-order valence-corrected chi connectivity index (χ1v) is 10.7. The van der Waals surface area contributed by atoms with Gasteiger partial charge in [-0.15, -0.1) is 9.35 Å². The SMILES string of the molecule is CC(=O)[O-].CCc1n(N=C(c2ccccc2)N(C)C)cc[n+]1N=C(c1ccccc1)N(C)C. The third-order valence-electron chi connectivity index (χ3n) is 4.51. The summed E-state index contributed by atoms with van der Waals surface area (Å²) in [7, 11) is 8.03. The molecule has 8 nitrogen and oxygen atoms in total. The van der Waals surface area contributed by atoms with Crippen molar-refractivity contribution < 1.29 is 14.6 Å². The van der Waals surface area contributed by atoms with Crippen LogP contribution in [0.5, 0.6) is 0 Å². The van der Waals surface area contributed by atoms with Gasteiger partial charge in [-0.2, -0.15) is 0 Å². The van der Waals surface area contributed by atoms with Crippen molar-refractivity contribution in [3.05, 3.63) is 90.0 Å². The molecule has 0 saturated heterocycles. The van der Waals surface area contributed by atoms with Gasteiger partial charge in [0, 0.05) is 45.3 Å². The molecule has 8 heteroatoms. The molecular weight excluding hydrogens is 416 g/mol. The van der Waals surface area contributed by atoms with E-state index in [2.05, 4.69) is 31.2 Å². The molecule has 3 aromatic rings. The molecule has 0 aliphatic rings. The second-order valence-electron chi connectivity index (χ2n) is 7.62. The molecule has 0 aliphatic heterocycles. The van der Waals surface area contributed by atoms with Crippen LogP contribution in [-0.2, 0) is 11.2 Å². The summed E-state index contributed by atoms with van der Waals surface area (Å²) in [5.41, 5.74) is 2.14. The van der Waals surface area contributed by atoms with Gasteiger partial charge < -0.3 is 19.7 Å². The first-order chi connectivity index (χ1) is 15.7. The van der Waals surface area contributed by atoms with Gasteiger partial charge in [0.1, 0.15) is 0 Å².